The Hall–Kier alpha value is -1.79. The molecule has 1 aliphatic carbocycles. The van der Waals surface area contributed by atoms with E-state index in [-0.39, 0.29) is 10.7 Å². The Morgan fingerprint density at radius 2 is 2.04 bits per heavy atom. The number of hydrogen-bond acceptors (Lipinski definition) is 4. The Labute approximate surface area is 152 Å². The summed E-state index contributed by atoms with van der Waals surface area (Å²) in [6, 6.07) is 10.5. The first-order valence-corrected chi connectivity index (χ1v) is 9.87. The van der Waals surface area contributed by atoms with E-state index in [1.165, 1.54) is 17.7 Å². The second-order valence-electron chi connectivity index (χ2n) is 6.94. The molecule has 5 nitrogen and oxygen atoms in total. The summed E-state index contributed by atoms with van der Waals surface area (Å²) in [5.74, 6) is -0.0545. The van der Waals surface area contributed by atoms with Gasteiger partial charge in [-0.15, -0.1) is 11.8 Å². The second-order valence-corrected chi connectivity index (χ2v) is 8.49. The molecule has 132 valence electrons. The smallest absolute Gasteiger partial charge is 0.272 e. The van der Waals surface area contributed by atoms with Crippen LogP contribution in [0, 0.1) is 0 Å². The van der Waals surface area contributed by atoms with Crippen LogP contribution in [0.25, 0.3) is 0 Å². The van der Waals surface area contributed by atoms with Crippen LogP contribution in [-0.2, 0) is 13.0 Å². The molecule has 0 spiro atoms. The van der Waals surface area contributed by atoms with Gasteiger partial charge >= 0.3 is 0 Å². The minimum absolute atomic E-state index is 0.0545. The van der Waals surface area contributed by atoms with E-state index in [1.807, 2.05) is 17.8 Å². The van der Waals surface area contributed by atoms with Gasteiger partial charge in [0.15, 0.2) is 5.69 Å². The Kier molecular flexibility index (Phi) is 4.81. The van der Waals surface area contributed by atoms with Gasteiger partial charge in [-0.1, -0.05) is 31.0 Å². The highest BCUT2D eigenvalue weighted by Gasteiger charge is 2.36. The van der Waals surface area contributed by atoms with Crippen molar-refractivity contribution in [3.8, 4) is 0 Å². The molecule has 25 heavy (non-hydrogen) atoms. The number of aromatic amines is 1. The molecule has 1 aliphatic heterocycles. The van der Waals surface area contributed by atoms with Crippen molar-refractivity contribution in [1.82, 2.24) is 20.8 Å². The van der Waals surface area contributed by atoms with Gasteiger partial charge in [0, 0.05) is 47.0 Å². The molecule has 0 unspecified atom stereocenters. The molecule has 2 aliphatic rings. The van der Waals surface area contributed by atoms with Gasteiger partial charge in [-0.2, -0.15) is 5.10 Å². The normalized spacial score (nSPS) is 18.7. The highest BCUT2D eigenvalue weighted by atomic mass is 32.2. The highest BCUT2D eigenvalue weighted by Crippen LogP contribution is 2.44. The summed E-state index contributed by atoms with van der Waals surface area (Å²) in [4.78, 5) is 14.0. The number of thioether (sulfide) groups is 1. The molecule has 1 aromatic heterocycles. The second kappa shape index (κ2) is 7.22. The summed E-state index contributed by atoms with van der Waals surface area (Å²) >= 11 is 1.91. The first-order valence-electron chi connectivity index (χ1n) is 9.05. The predicted octanol–water partition coefficient (Wildman–Crippen LogP) is 2.89. The van der Waals surface area contributed by atoms with E-state index in [0.717, 1.165) is 43.6 Å². The molecule has 6 heteroatoms. The van der Waals surface area contributed by atoms with Crippen molar-refractivity contribution < 1.29 is 4.79 Å². The summed E-state index contributed by atoms with van der Waals surface area (Å²) in [6.45, 7) is 2.35. The number of nitrogens with zero attached hydrogens (tertiary/aromatic N) is 1. The zero-order valence-electron chi connectivity index (χ0n) is 14.3. The topological polar surface area (TPSA) is 69.8 Å². The maximum absolute atomic E-state index is 12.7. The lowest BCUT2D eigenvalue weighted by Gasteiger charge is -2.28. The third-order valence-electron chi connectivity index (χ3n) is 5.18. The quantitative estimate of drug-likeness (QED) is 0.770. The maximum atomic E-state index is 12.7. The fraction of sp³-hybridized carbons (Fsp3) is 0.474. The van der Waals surface area contributed by atoms with Gasteiger partial charge < -0.3 is 10.6 Å². The number of H-pyrrole nitrogens is 1. The summed E-state index contributed by atoms with van der Waals surface area (Å²) in [6.07, 6.45) is 5.67. The lowest BCUT2D eigenvalue weighted by molar-refractivity contribution is 0.0943. The van der Waals surface area contributed by atoms with E-state index in [4.69, 9.17) is 0 Å². The number of aromatic nitrogens is 2. The third-order valence-corrected chi connectivity index (χ3v) is 6.68. The lowest BCUT2D eigenvalue weighted by atomic mass is 10.1. The van der Waals surface area contributed by atoms with Crippen molar-refractivity contribution in [2.24, 2.45) is 0 Å². The number of fused-ring (bicyclic) bond motifs is 1. The van der Waals surface area contributed by atoms with Crippen LogP contribution in [-0.4, -0.2) is 33.9 Å². The highest BCUT2D eigenvalue weighted by molar-refractivity contribution is 8.00. The Bertz CT molecular complexity index is 737. The van der Waals surface area contributed by atoms with Gasteiger partial charge in [-0.3, -0.25) is 9.89 Å². The predicted molar refractivity (Wildman–Crippen MR) is 99.8 cm³/mol. The van der Waals surface area contributed by atoms with Crippen LogP contribution >= 0.6 is 11.8 Å². The van der Waals surface area contributed by atoms with Gasteiger partial charge in [0.05, 0.1) is 0 Å². The monoisotopic (exact) mass is 356 g/mol. The van der Waals surface area contributed by atoms with E-state index in [2.05, 4.69) is 45.1 Å². The van der Waals surface area contributed by atoms with Crippen LogP contribution in [0.2, 0.25) is 0 Å². The number of carbonyl (C=O) groups is 1. The molecule has 3 N–H and O–H groups in total. The molecular formula is C19H24N4OS. The molecule has 1 aromatic carbocycles. The zero-order chi connectivity index (χ0) is 17.1. The third kappa shape index (κ3) is 3.60. The van der Waals surface area contributed by atoms with Crippen LogP contribution in [0.4, 0.5) is 0 Å². The fourth-order valence-corrected chi connectivity index (χ4v) is 5.24. The molecule has 0 radical (unpaired) electrons. The van der Waals surface area contributed by atoms with Crippen LogP contribution in [0.5, 0.6) is 0 Å². The van der Waals surface area contributed by atoms with Crippen molar-refractivity contribution in [2.45, 2.75) is 48.3 Å². The summed E-state index contributed by atoms with van der Waals surface area (Å²) in [7, 11) is 0. The van der Waals surface area contributed by atoms with Crippen molar-refractivity contribution in [2.75, 3.05) is 13.1 Å². The molecule has 0 atom stereocenters. The van der Waals surface area contributed by atoms with Crippen LogP contribution in [0.1, 0.15) is 47.4 Å². The van der Waals surface area contributed by atoms with Gasteiger partial charge in [0.1, 0.15) is 0 Å². The van der Waals surface area contributed by atoms with Crippen LogP contribution in [0.3, 0.4) is 0 Å². The lowest BCUT2D eigenvalue weighted by Crippen LogP contribution is -2.39. The van der Waals surface area contributed by atoms with Gasteiger partial charge in [-0.25, -0.2) is 0 Å². The molecule has 0 bridgehead atoms. The minimum Gasteiger partial charge on any atom is -0.349 e. The molecule has 2 heterocycles. The summed E-state index contributed by atoms with van der Waals surface area (Å²) in [5.41, 5.74) is 2.68. The van der Waals surface area contributed by atoms with E-state index in [9.17, 15) is 4.79 Å². The van der Waals surface area contributed by atoms with Crippen LogP contribution < -0.4 is 10.6 Å². The maximum Gasteiger partial charge on any atom is 0.272 e. The number of hydrogen-bond donors (Lipinski definition) is 3. The Morgan fingerprint density at radius 1 is 1.24 bits per heavy atom. The Balaban J connectivity index is 1.45. The molecular weight excluding hydrogens is 332 g/mol. The first kappa shape index (κ1) is 16.7. The number of rotatable bonds is 5. The number of benzene rings is 1. The van der Waals surface area contributed by atoms with Crippen LogP contribution in [0.15, 0.2) is 35.2 Å². The molecule has 0 saturated heterocycles. The molecule has 2 aromatic rings. The van der Waals surface area contributed by atoms with Crippen molar-refractivity contribution in [1.29, 1.82) is 0 Å². The number of amides is 1. The van der Waals surface area contributed by atoms with Crippen molar-refractivity contribution >= 4 is 17.7 Å². The molecule has 1 fully saturated rings. The largest absolute Gasteiger partial charge is 0.349 e. The summed E-state index contributed by atoms with van der Waals surface area (Å²) < 4.78 is 0.103. The average molecular weight is 356 g/mol. The van der Waals surface area contributed by atoms with E-state index < -0.39 is 0 Å². The number of carbonyl (C=O) groups excluding carboxylic acids is 1. The minimum atomic E-state index is -0.0545. The van der Waals surface area contributed by atoms with E-state index >= 15 is 0 Å². The SMILES string of the molecule is O=C(NCC1(Sc2ccccc2)CCCC1)c1n[nH]c2c1CNCC2. The van der Waals surface area contributed by atoms with Crippen molar-refractivity contribution in [3.63, 3.8) is 0 Å². The van der Waals surface area contributed by atoms with E-state index in [0.29, 0.717) is 12.2 Å². The zero-order valence-corrected chi connectivity index (χ0v) is 15.1. The van der Waals surface area contributed by atoms with Gasteiger partial charge in [0.2, 0.25) is 0 Å². The standard InChI is InChI=1S/C19H24N4OS/c24-18(17-15-12-20-11-8-16(15)22-23-17)21-13-19(9-4-5-10-19)25-14-6-2-1-3-7-14/h1-3,6-7,20H,4-5,8-13H2,(H,21,24)(H,22,23). The Morgan fingerprint density at radius 3 is 2.84 bits per heavy atom. The van der Waals surface area contributed by atoms with Gasteiger partial charge in [0.25, 0.3) is 5.91 Å². The van der Waals surface area contributed by atoms with E-state index in [1.54, 1.807) is 0 Å². The number of nitrogens with one attached hydrogen (secondary N) is 3. The fourth-order valence-electron chi connectivity index (χ4n) is 3.81. The first-order chi connectivity index (χ1) is 12.3. The summed E-state index contributed by atoms with van der Waals surface area (Å²) in [5, 5.41) is 13.8. The van der Waals surface area contributed by atoms with Crippen molar-refractivity contribution in [3.05, 3.63) is 47.3 Å². The molecule has 1 amide bonds. The molecule has 4 rings (SSSR count). The van der Waals surface area contributed by atoms with Gasteiger partial charge in [-0.05, 0) is 25.0 Å². The molecule has 1 saturated carbocycles. The average Bonchev–Trinajstić information content (AvgIpc) is 3.28.